The molecule has 0 bridgehead atoms. The summed E-state index contributed by atoms with van der Waals surface area (Å²) in [5, 5.41) is 19.6. The molecule has 0 amide bonds. The molecule has 1 fully saturated rings. The van der Waals surface area contributed by atoms with E-state index in [1.54, 1.807) is 0 Å². The molecule has 2 rings (SSSR count). The molecule has 1 aromatic heterocycles. The summed E-state index contributed by atoms with van der Waals surface area (Å²) in [4.78, 5) is 35.7. The maximum Gasteiger partial charge on any atom is 0.469 e. The number of nitrogens with zero attached hydrogens (tertiary/aromatic N) is 3. The van der Waals surface area contributed by atoms with Gasteiger partial charge in [-0.3, -0.25) is 9.09 Å². The van der Waals surface area contributed by atoms with Crippen molar-refractivity contribution in [2.45, 2.75) is 24.5 Å². The highest BCUT2D eigenvalue weighted by atomic mass is 31.2. The SMILES string of the molecule is Nc1ncn([C@H]2O[C@@H](COP(=O)(O)O)[C@@H](O)[C@H]2O)c(=O)n1. The Balaban J connectivity index is 2.16. The molecular formula is C8H13N4O8P. The minimum absolute atomic E-state index is 0.273. The predicted molar refractivity (Wildman–Crippen MR) is 64.6 cm³/mol. The number of phosphoric ester groups is 1. The Kier molecular flexibility index (Phi) is 4.39. The van der Waals surface area contributed by atoms with Crippen LogP contribution in [0, 0.1) is 0 Å². The van der Waals surface area contributed by atoms with E-state index in [-0.39, 0.29) is 5.95 Å². The molecule has 1 saturated heterocycles. The van der Waals surface area contributed by atoms with Gasteiger partial charge >= 0.3 is 13.5 Å². The van der Waals surface area contributed by atoms with Gasteiger partial charge in [-0.25, -0.2) is 14.3 Å². The maximum absolute atomic E-state index is 11.6. The molecule has 6 N–H and O–H groups in total. The molecule has 12 nitrogen and oxygen atoms in total. The van der Waals surface area contributed by atoms with Crippen molar-refractivity contribution in [1.29, 1.82) is 0 Å². The van der Waals surface area contributed by atoms with Gasteiger partial charge < -0.3 is 30.5 Å². The molecule has 13 heteroatoms. The van der Waals surface area contributed by atoms with Crippen molar-refractivity contribution in [3.05, 3.63) is 16.8 Å². The Hall–Kier alpha value is -1.40. The standard InChI is InChI=1S/C8H13N4O8P/c9-7-10-2-12(8(15)11-7)6-5(14)4(13)3(20-6)1-19-21(16,17)18/h2-6,13-14H,1H2,(H2,9,11,15)(H2,16,17,18)/t3-,4+,5+,6-/m0/s1. The molecule has 4 atom stereocenters. The summed E-state index contributed by atoms with van der Waals surface area (Å²) < 4.78 is 20.8. The average molecular weight is 324 g/mol. The number of aliphatic hydroxyl groups excluding tert-OH is 2. The van der Waals surface area contributed by atoms with E-state index in [0.717, 1.165) is 10.9 Å². The molecule has 0 aromatic carbocycles. The van der Waals surface area contributed by atoms with Crippen LogP contribution in [0.5, 0.6) is 0 Å². The monoisotopic (exact) mass is 324 g/mol. The van der Waals surface area contributed by atoms with Crippen LogP contribution in [0.3, 0.4) is 0 Å². The van der Waals surface area contributed by atoms with Crippen LogP contribution in [0.4, 0.5) is 5.95 Å². The number of aromatic nitrogens is 3. The number of rotatable bonds is 4. The zero-order chi connectivity index (χ0) is 15.8. The molecule has 118 valence electrons. The summed E-state index contributed by atoms with van der Waals surface area (Å²) in [5.74, 6) is -0.273. The van der Waals surface area contributed by atoms with Gasteiger partial charge in [0.1, 0.15) is 24.6 Å². The van der Waals surface area contributed by atoms with Crippen molar-refractivity contribution in [3.63, 3.8) is 0 Å². The summed E-state index contributed by atoms with van der Waals surface area (Å²) >= 11 is 0. The number of nitrogen functional groups attached to an aromatic ring is 1. The first kappa shape index (κ1) is 16.0. The van der Waals surface area contributed by atoms with E-state index in [0.29, 0.717) is 0 Å². The largest absolute Gasteiger partial charge is 0.469 e. The molecule has 0 radical (unpaired) electrons. The minimum atomic E-state index is -4.75. The number of phosphoric acid groups is 1. The summed E-state index contributed by atoms with van der Waals surface area (Å²) in [7, 11) is -4.75. The third-order valence-electron chi connectivity index (χ3n) is 2.76. The van der Waals surface area contributed by atoms with Crippen molar-refractivity contribution < 1.29 is 33.8 Å². The average Bonchev–Trinajstić information content (AvgIpc) is 2.64. The topological polar surface area (TPSA) is 190 Å². The Morgan fingerprint density at radius 3 is 2.67 bits per heavy atom. The van der Waals surface area contributed by atoms with Gasteiger partial charge in [-0.2, -0.15) is 4.98 Å². The van der Waals surface area contributed by atoms with E-state index in [1.165, 1.54) is 0 Å². The van der Waals surface area contributed by atoms with E-state index in [1.807, 2.05) is 0 Å². The van der Waals surface area contributed by atoms with Crippen LogP contribution in [-0.2, 0) is 13.8 Å². The number of anilines is 1. The normalized spacial score (nSPS) is 29.7. The van der Waals surface area contributed by atoms with Crippen molar-refractivity contribution in [3.8, 4) is 0 Å². The molecular weight excluding hydrogens is 311 g/mol. The van der Waals surface area contributed by atoms with Crippen LogP contribution in [0.25, 0.3) is 0 Å². The zero-order valence-corrected chi connectivity index (χ0v) is 11.3. The first-order chi connectivity index (χ1) is 9.69. The Bertz CT molecular complexity index is 617. The quantitative estimate of drug-likeness (QED) is 0.353. The van der Waals surface area contributed by atoms with Gasteiger partial charge in [-0.1, -0.05) is 0 Å². The van der Waals surface area contributed by atoms with E-state index in [4.69, 9.17) is 20.3 Å². The fourth-order valence-corrected chi connectivity index (χ4v) is 2.14. The molecule has 1 aliphatic heterocycles. The highest BCUT2D eigenvalue weighted by Crippen LogP contribution is 2.38. The molecule has 1 aromatic rings. The lowest BCUT2D eigenvalue weighted by molar-refractivity contribution is -0.0547. The van der Waals surface area contributed by atoms with Crippen LogP contribution >= 0.6 is 7.82 Å². The van der Waals surface area contributed by atoms with Gasteiger partial charge in [-0.15, -0.1) is 0 Å². The van der Waals surface area contributed by atoms with Crippen molar-refractivity contribution >= 4 is 13.8 Å². The first-order valence-electron chi connectivity index (χ1n) is 5.61. The van der Waals surface area contributed by atoms with Crippen molar-refractivity contribution in [2.24, 2.45) is 0 Å². The van der Waals surface area contributed by atoms with E-state index >= 15 is 0 Å². The van der Waals surface area contributed by atoms with Crippen LogP contribution in [0.2, 0.25) is 0 Å². The third kappa shape index (κ3) is 3.63. The molecule has 21 heavy (non-hydrogen) atoms. The lowest BCUT2D eigenvalue weighted by atomic mass is 10.1. The first-order valence-corrected chi connectivity index (χ1v) is 7.14. The van der Waals surface area contributed by atoms with Gasteiger partial charge in [-0.05, 0) is 0 Å². The van der Waals surface area contributed by atoms with Crippen LogP contribution in [0.15, 0.2) is 11.1 Å². The van der Waals surface area contributed by atoms with Gasteiger partial charge in [0.2, 0.25) is 5.95 Å². The highest BCUT2D eigenvalue weighted by Gasteiger charge is 2.45. The predicted octanol–water partition coefficient (Wildman–Crippen LogP) is -3.05. The lowest BCUT2D eigenvalue weighted by Crippen LogP contribution is -2.36. The number of hydrogen-bond donors (Lipinski definition) is 5. The number of aliphatic hydroxyl groups is 2. The molecule has 0 saturated carbocycles. The molecule has 2 heterocycles. The number of nitrogens with two attached hydrogens (primary N) is 1. The fourth-order valence-electron chi connectivity index (χ4n) is 1.80. The van der Waals surface area contributed by atoms with Crippen molar-refractivity contribution in [2.75, 3.05) is 12.3 Å². The van der Waals surface area contributed by atoms with Crippen LogP contribution in [0.1, 0.15) is 6.23 Å². The second-order valence-corrected chi connectivity index (χ2v) is 5.48. The molecule has 0 aliphatic carbocycles. The number of ether oxygens (including phenoxy) is 1. The fraction of sp³-hybridized carbons (Fsp3) is 0.625. The van der Waals surface area contributed by atoms with Crippen LogP contribution < -0.4 is 11.4 Å². The van der Waals surface area contributed by atoms with Gasteiger partial charge in [0, 0.05) is 0 Å². The summed E-state index contributed by atoms with van der Waals surface area (Å²) in [6, 6.07) is 0. The van der Waals surface area contributed by atoms with Crippen molar-refractivity contribution in [1.82, 2.24) is 14.5 Å². The Labute approximate surface area is 117 Å². The smallest absolute Gasteiger partial charge is 0.387 e. The Morgan fingerprint density at radius 1 is 1.43 bits per heavy atom. The number of hydrogen-bond acceptors (Lipinski definition) is 9. The third-order valence-corrected chi connectivity index (χ3v) is 3.25. The second-order valence-electron chi connectivity index (χ2n) is 4.24. The molecule has 0 spiro atoms. The zero-order valence-electron chi connectivity index (χ0n) is 10.4. The summed E-state index contributed by atoms with van der Waals surface area (Å²) in [6.45, 7) is -0.677. The van der Waals surface area contributed by atoms with Gasteiger partial charge in [0.25, 0.3) is 0 Å². The molecule has 1 aliphatic rings. The second kappa shape index (κ2) is 5.77. The maximum atomic E-state index is 11.6. The van der Waals surface area contributed by atoms with E-state index in [2.05, 4.69) is 14.5 Å². The highest BCUT2D eigenvalue weighted by molar-refractivity contribution is 7.46. The lowest BCUT2D eigenvalue weighted by Gasteiger charge is -2.16. The van der Waals surface area contributed by atoms with Crippen LogP contribution in [-0.4, -0.2) is 59.5 Å². The van der Waals surface area contributed by atoms with E-state index < -0.39 is 44.7 Å². The Morgan fingerprint density at radius 2 is 2.10 bits per heavy atom. The van der Waals surface area contributed by atoms with E-state index in [9.17, 15) is 19.6 Å². The molecule has 0 unspecified atom stereocenters. The van der Waals surface area contributed by atoms with Gasteiger partial charge in [0.15, 0.2) is 6.23 Å². The minimum Gasteiger partial charge on any atom is -0.387 e. The summed E-state index contributed by atoms with van der Waals surface area (Å²) in [6.07, 6.45) is -4.68. The van der Waals surface area contributed by atoms with Gasteiger partial charge in [0.05, 0.1) is 6.61 Å². The summed E-state index contributed by atoms with van der Waals surface area (Å²) in [5.41, 5.74) is 4.35.